The number of oxazole rings is 1. The van der Waals surface area contributed by atoms with Crippen molar-refractivity contribution in [2.45, 2.75) is 117 Å². The summed E-state index contributed by atoms with van der Waals surface area (Å²) in [5.41, 5.74) is 6.00. The van der Waals surface area contributed by atoms with Gasteiger partial charge in [-0.15, -0.1) is 0 Å². The van der Waals surface area contributed by atoms with Gasteiger partial charge in [0.15, 0.2) is 5.60 Å². The predicted molar refractivity (Wildman–Crippen MR) is 251 cm³/mol. The van der Waals surface area contributed by atoms with Gasteiger partial charge in [0.05, 0.1) is 36.3 Å². The molecule has 2 aromatic heterocycles. The van der Waals surface area contributed by atoms with E-state index in [1.165, 1.54) is 28.1 Å². The molecule has 5 atom stereocenters. The monoisotopic (exact) mass is 910 g/mol. The third-order valence-electron chi connectivity index (χ3n) is 12.8. The fraction of sp³-hybridized carbons (Fsp3) is 0.531. The topological polar surface area (TPSA) is 201 Å². The van der Waals surface area contributed by atoms with Crippen LogP contribution in [0.2, 0.25) is 0 Å². The number of carbonyl (C=O) groups is 5. The maximum Gasteiger partial charge on any atom is 0.324 e. The van der Waals surface area contributed by atoms with Crippen molar-refractivity contribution in [2.75, 3.05) is 40.4 Å². The summed E-state index contributed by atoms with van der Waals surface area (Å²) in [6.07, 6.45) is 7.04. The quantitative estimate of drug-likeness (QED) is 0.0992. The Hall–Kier alpha value is -5.91. The Bertz CT molecular complexity index is 2430. The van der Waals surface area contributed by atoms with Gasteiger partial charge in [-0.2, -0.15) is 0 Å². The number of aromatic nitrogens is 2. The van der Waals surface area contributed by atoms with Crippen molar-refractivity contribution in [3.8, 4) is 11.5 Å². The molecule has 66 heavy (non-hydrogen) atoms. The van der Waals surface area contributed by atoms with Crippen LogP contribution in [-0.4, -0.2) is 136 Å². The van der Waals surface area contributed by atoms with Crippen molar-refractivity contribution in [3.05, 3.63) is 72.4 Å². The summed E-state index contributed by atoms with van der Waals surface area (Å²) in [6, 6.07) is 2.77. The molecule has 0 aliphatic carbocycles. The zero-order valence-electron chi connectivity index (χ0n) is 39.8. The summed E-state index contributed by atoms with van der Waals surface area (Å²) in [5.74, 6) is -3.00. The van der Waals surface area contributed by atoms with E-state index in [1.807, 2.05) is 52.0 Å². The van der Waals surface area contributed by atoms with E-state index < -0.39 is 64.7 Å². The number of rotatable bonds is 12. The van der Waals surface area contributed by atoms with E-state index in [1.54, 1.807) is 27.2 Å². The van der Waals surface area contributed by atoms with Gasteiger partial charge >= 0.3 is 5.97 Å². The van der Waals surface area contributed by atoms with Gasteiger partial charge in [0.1, 0.15) is 24.4 Å². The first-order chi connectivity index (χ1) is 31.3. The first-order valence-corrected chi connectivity index (χ1v) is 22.8. The largest absolute Gasteiger partial charge is 0.464 e. The number of methoxy groups -OCH3 is 1. The molecule has 0 radical (unpaired) electrons. The number of allylic oxidation sites excluding steroid dienone is 2. The lowest BCUT2D eigenvalue weighted by Crippen LogP contribution is -2.63. The first-order valence-electron chi connectivity index (χ1n) is 22.8. The number of aryl methyl sites for hydroxylation is 1. The second kappa shape index (κ2) is 20.3. The van der Waals surface area contributed by atoms with Crippen molar-refractivity contribution in [3.63, 3.8) is 0 Å². The van der Waals surface area contributed by atoms with Crippen LogP contribution in [0.3, 0.4) is 0 Å². The number of amides is 4. The molecule has 2 saturated heterocycles. The number of benzene rings is 1. The Morgan fingerprint density at radius 3 is 2.56 bits per heavy atom. The predicted octanol–water partition coefficient (Wildman–Crippen LogP) is 4.62. The highest BCUT2D eigenvalue weighted by atomic mass is 16.5. The summed E-state index contributed by atoms with van der Waals surface area (Å²) < 4.78 is 20.2. The number of ether oxygens (including phenoxy) is 2. The van der Waals surface area contributed by atoms with E-state index >= 15 is 0 Å². The molecule has 4 amide bonds. The molecule has 0 spiro atoms. The minimum absolute atomic E-state index is 0.0189. The van der Waals surface area contributed by atoms with E-state index in [-0.39, 0.29) is 45.2 Å². The minimum Gasteiger partial charge on any atom is -0.464 e. The standard InChI is InChI=1S/C49H66N8O9/c1-12-33(40(50-14-3)30(7)64-11)42-35-25-48(8,9)28-66-46(61)36-17-16-21-57(53-36)45(60)37(24-32-26-65-44(51-32)31-18-19-38(34(35)23-31)56(42)15-4)52-43(59)41(29(5)6)54(10)47(62)49(63)20-22-55(27-49)39(58)13-2/h12-14,18-19,23,26,29-30,36-37,41,53,63H,1-2,15-17,20-22,24-25,27-28H2,3-11H3,(H,52,59)/b40-33+,50-14?/t30-,36-,37-,41-,49?/m0/s1. The lowest BCUT2D eigenvalue weighted by Gasteiger charge is -2.37. The van der Waals surface area contributed by atoms with Crippen LogP contribution in [0.25, 0.3) is 27.9 Å². The molecule has 3 aromatic rings. The fourth-order valence-electron chi connectivity index (χ4n) is 9.40. The molecule has 3 N–H and O–H groups in total. The van der Waals surface area contributed by atoms with Gasteiger partial charge in [0.2, 0.25) is 17.7 Å². The van der Waals surface area contributed by atoms with E-state index in [9.17, 15) is 29.1 Å². The summed E-state index contributed by atoms with van der Waals surface area (Å²) in [7, 11) is 3.07. The van der Waals surface area contributed by atoms with Crippen LogP contribution in [0, 0.1) is 11.3 Å². The minimum atomic E-state index is -1.92. The van der Waals surface area contributed by atoms with Crippen molar-refractivity contribution >= 4 is 52.3 Å². The summed E-state index contributed by atoms with van der Waals surface area (Å²) in [6.45, 7) is 22.0. The molecule has 17 nitrogen and oxygen atoms in total. The number of nitrogens with one attached hydrogen (secondary N) is 2. The van der Waals surface area contributed by atoms with Crippen molar-refractivity contribution in [2.24, 2.45) is 16.3 Å². The number of hydrazine groups is 1. The molecule has 356 valence electrons. The number of hydrogen-bond donors (Lipinski definition) is 3. The number of likely N-dealkylation sites (N-methyl/N-ethyl adjacent to an activating group) is 1. The van der Waals surface area contributed by atoms with E-state index in [2.05, 4.69) is 35.4 Å². The lowest BCUT2D eigenvalue weighted by atomic mass is 9.84. The van der Waals surface area contributed by atoms with Crippen molar-refractivity contribution in [1.29, 1.82) is 0 Å². The second-order valence-electron chi connectivity index (χ2n) is 18.6. The maximum atomic E-state index is 14.6. The van der Waals surface area contributed by atoms with Gasteiger partial charge in [-0.3, -0.25) is 34.0 Å². The molecule has 17 heteroatoms. The smallest absolute Gasteiger partial charge is 0.324 e. The molecule has 1 aromatic carbocycles. The number of nitrogens with zero attached hydrogens (tertiary/aromatic N) is 6. The zero-order valence-corrected chi connectivity index (χ0v) is 39.8. The highest BCUT2D eigenvalue weighted by Crippen LogP contribution is 2.40. The number of carbonyl (C=O) groups excluding carboxylic acids is 5. The molecule has 1 unspecified atom stereocenters. The second-order valence-corrected chi connectivity index (χ2v) is 18.6. The molecular weight excluding hydrogens is 845 g/mol. The fourth-order valence-corrected chi connectivity index (χ4v) is 9.40. The van der Waals surface area contributed by atoms with Crippen LogP contribution in [-0.2, 0) is 52.8 Å². The molecular formula is C49H66N8O9. The van der Waals surface area contributed by atoms with E-state index in [0.29, 0.717) is 48.7 Å². The Balaban J connectivity index is 1.43. The molecule has 6 bridgehead atoms. The summed E-state index contributed by atoms with van der Waals surface area (Å²) in [5, 5.41) is 16.6. The number of aliphatic hydroxyl groups is 1. The molecule has 0 saturated carbocycles. The van der Waals surface area contributed by atoms with E-state index in [4.69, 9.17) is 23.9 Å². The van der Waals surface area contributed by atoms with Gasteiger partial charge in [-0.1, -0.05) is 46.9 Å². The maximum absolute atomic E-state index is 14.6. The normalized spacial score (nSPS) is 22.7. The summed E-state index contributed by atoms with van der Waals surface area (Å²) in [4.78, 5) is 81.2. The van der Waals surface area contributed by atoms with Gasteiger partial charge in [-0.25, -0.2) is 10.4 Å². The van der Waals surface area contributed by atoms with Crippen LogP contribution in [0.5, 0.6) is 0 Å². The molecule has 3 aliphatic rings. The number of aliphatic imine (C=N–C) groups is 1. The Kier molecular flexibility index (Phi) is 15.2. The van der Waals surface area contributed by atoms with Gasteiger partial charge < -0.3 is 38.7 Å². The van der Waals surface area contributed by atoms with Crippen LogP contribution in [0.1, 0.15) is 84.7 Å². The molecule has 5 heterocycles. The Morgan fingerprint density at radius 1 is 1.17 bits per heavy atom. The highest BCUT2D eigenvalue weighted by molar-refractivity contribution is 5.97. The zero-order chi connectivity index (χ0) is 48.2. The molecule has 6 rings (SSSR count). The third kappa shape index (κ3) is 10.1. The van der Waals surface area contributed by atoms with Crippen molar-refractivity contribution < 1.29 is 43.0 Å². The Labute approximate surface area is 386 Å². The van der Waals surface area contributed by atoms with Crippen LogP contribution in [0.15, 0.2) is 64.9 Å². The third-order valence-corrected chi connectivity index (χ3v) is 12.8. The Morgan fingerprint density at radius 2 is 1.91 bits per heavy atom. The number of β-amino-alcohol motifs (C(OH)–C–C–N with tert-alkyl or cyclic N) is 1. The first kappa shape index (κ1) is 49.5. The lowest BCUT2D eigenvalue weighted by molar-refractivity contribution is -0.156. The van der Waals surface area contributed by atoms with E-state index in [0.717, 1.165) is 33.8 Å². The highest BCUT2D eigenvalue weighted by Gasteiger charge is 2.48. The average molecular weight is 911 g/mol. The molecule has 3 aliphatic heterocycles. The van der Waals surface area contributed by atoms with Gasteiger partial charge in [0, 0.05) is 80.3 Å². The van der Waals surface area contributed by atoms with Crippen molar-refractivity contribution in [1.82, 2.24) is 35.1 Å². The van der Waals surface area contributed by atoms with Crippen LogP contribution in [0.4, 0.5) is 0 Å². The summed E-state index contributed by atoms with van der Waals surface area (Å²) >= 11 is 0. The van der Waals surface area contributed by atoms with Gasteiger partial charge in [0.25, 0.3) is 11.8 Å². The number of fused-ring (bicyclic) bond motifs is 6. The molecule has 2 fully saturated rings. The number of likely N-dealkylation sites (tertiary alicyclic amines) is 1. The number of esters is 1. The average Bonchev–Trinajstić information content (AvgIpc) is 4.02. The number of cyclic esters (lactones) is 1. The van der Waals surface area contributed by atoms with Gasteiger partial charge in [-0.05, 0) is 75.8 Å². The van der Waals surface area contributed by atoms with Crippen LogP contribution >= 0.6 is 0 Å². The van der Waals surface area contributed by atoms with Crippen LogP contribution < -0.4 is 10.7 Å². The SMILES string of the molecule is C=CC(=O)N1CCC(O)(C(=O)N(C)[C@H](C(=O)N[C@H]2Cc3coc(n3)-c3ccc4c(c3)c(c(/C(C=C)=C(/N=CC)[C@H](C)OC)n4CC)CC(C)(C)COC(=O)[C@@H]3CCCN(N3)C2=O)C(C)C)C1. The number of hydrogen-bond acceptors (Lipinski definition) is 12.